The van der Waals surface area contributed by atoms with Crippen LogP contribution in [0.25, 0.3) is 0 Å². The summed E-state index contributed by atoms with van der Waals surface area (Å²) in [6, 6.07) is 6.82. The Labute approximate surface area is 102 Å². The Morgan fingerprint density at radius 3 is 2.71 bits per heavy atom. The van der Waals surface area contributed by atoms with E-state index in [1.54, 1.807) is 6.07 Å². The van der Waals surface area contributed by atoms with Gasteiger partial charge in [0, 0.05) is 6.26 Å². The van der Waals surface area contributed by atoms with Crippen LogP contribution in [0.1, 0.15) is 18.5 Å². The highest BCUT2D eigenvalue weighted by atomic mass is 32.2. The molecule has 1 rings (SSSR count). The summed E-state index contributed by atoms with van der Waals surface area (Å²) in [4.78, 5) is 0. The Morgan fingerprint density at radius 2 is 2.18 bits per heavy atom. The van der Waals surface area contributed by atoms with E-state index in [1.165, 1.54) is 6.26 Å². The number of sulfone groups is 1. The summed E-state index contributed by atoms with van der Waals surface area (Å²) in [5.74, 6) is 6.05. The highest BCUT2D eigenvalue weighted by Gasteiger charge is 2.16. The molecule has 5 nitrogen and oxygen atoms in total. The largest absolute Gasteiger partial charge is 0.494 e. The van der Waals surface area contributed by atoms with Gasteiger partial charge in [-0.1, -0.05) is 12.1 Å². The molecule has 0 aromatic heterocycles. The van der Waals surface area contributed by atoms with Gasteiger partial charge in [0.1, 0.15) is 15.6 Å². The van der Waals surface area contributed by atoms with Crippen LogP contribution in [0.5, 0.6) is 5.75 Å². The lowest BCUT2D eigenvalue weighted by Crippen LogP contribution is -2.33. The number of hydrogen-bond donors (Lipinski definition) is 2. The van der Waals surface area contributed by atoms with Gasteiger partial charge in [-0.05, 0) is 24.6 Å². The molecule has 0 saturated heterocycles. The molecule has 6 heteroatoms. The standard InChI is InChI=1S/C11H18N2O3S/c1-3-16-10-6-4-5-9(7-10)11(13-12)8-17(2,14)15/h4-7,11,13H,3,8,12H2,1-2H3. The average Bonchev–Trinajstić information content (AvgIpc) is 2.25. The van der Waals surface area contributed by atoms with Gasteiger partial charge in [-0.2, -0.15) is 0 Å². The van der Waals surface area contributed by atoms with Crippen molar-refractivity contribution in [1.82, 2.24) is 5.43 Å². The van der Waals surface area contributed by atoms with Gasteiger partial charge in [0.2, 0.25) is 0 Å². The first-order valence-electron chi connectivity index (χ1n) is 5.33. The van der Waals surface area contributed by atoms with Crippen LogP contribution in [0, 0.1) is 0 Å². The maximum Gasteiger partial charge on any atom is 0.149 e. The van der Waals surface area contributed by atoms with E-state index < -0.39 is 15.9 Å². The highest BCUT2D eigenvalue weighted by Crippen LogP contribution is 2.20. The molecule has 0 heterocycles. The topological polar surface area (TPSA) is 81.4 Å². The van der Waals surface area contributed by atoms with Crippen molar-refractivity contribution in [3.63, 3.8) is 0 Å². The first-order valence-corrected chi connectivity index (χ1v) is 7.39. The lowest BCUT2D eigenvalue weighted by atomic mass is 10.1. The molecule has 0 fully saturated rings. The van der Waals surface area contributed by atoms with E-state index in [9.17, 15) is 8.42 Å². The molecular formula is C11H18N2O3S. The summed E-state index contributed by atoms with van der Waals surface area (Å²) in [6.45, 7) is 2.46. The molecule has 1 aromatic rings. The van der Waals surface area contributed by atoms with Crippen LogP contribution in [0.4, 0.5) is 0 Å². The van der Waals surface area contributed by atoms with Gasteiger partial charge in [0.15, 0.2) is 0 Å². The van der Waals surface area contributed by atoms with Crippen molar-refractivity contribution in [2.24, 2.45) is 5.84 Å². The number of nitrogens with two attached hydrogens (primary N) is 1. The van der Waals surface area contributed by atoms with E-state index in [-0.39, 0.29) is 5.75 Å². The molecule has 0 amide bonds. The fourth-order valence-corrected chi connectivity index (χ4v) is 2.43. The second-order valence-corrected chi connectivity index (χ2v) is 6.00. The Bertz CT molecular complexity index is 460. The molecule has 17 heavy (non-hydrogen) atoms. The number of benzene rings is 1. The van der Waals surface area contributed by atoms with Crippen molar-refractivity contribution >= 4 is 9.84 Å². The van der Waals surface area contributed by atoms with Crippen LogP contribution < -0.4 is 16.0 Å². The summed E-state index contributed by atoms with van der Waals surface area (Å²) in [7, 11) is -3.09. The van der Waals surface area contributed by atoms with E-state index in [2.05, 4.69) is 5.43 Å². The summed E-state index contributed by atoms with van der Waals surface area (Å²) in [6.07, 6.45) is 1.18. The summed E-state index contributed by atoms with van der Waals surface area (Å²) >= 11 is 0. The van der Waals surface area contributed by atoms with Crippen molar-refractivity contribution in [1.29, 1.82) is 0 Å². The van der Waals surface area contributed by atoms with Crippen LogP contribution in [0.2, 0.25) is 0 Å². The van der Waals surface area contributed by atoms with Crippen LogP contribution >= 0.6 is 0 Å². The van der Waals surface area contributed by atoms with E-state index >= 15 is 0 Å². The third-order valence-electron chi connectivity index (χ3n) is 2.24. The van der Waals surface area contributed by atoms with Gasteiger partial charge < -0.3 is 4.74 Å². The van der Waals surface area contributed by atoms with Crippen LogP contribution in [-0.2, 0) is 9.84 Å². The normalized spacial score (nSPS) is 13.4. The first-order chi connectivity index (χ1) is 7.96. The van der Waals surface area contributed by atoms with Gasteiger partial charge in [0.25, 0.3) is 0 Å². The third-order valence-corrected chi connectivity index (χ3v) is 3.18. The highest BCUT2D eigenvalue weighted by molar-refractivity contribution is 7.90. The van der Waals surface area contributed by atoms with Crippen molar-refractivity contribution in [2.75, 3.05) is 18.6 Å². The van der Waals surface area contributed by atoms with Gasteiger partial charge >= 0.3 is 0 Å². The zero-order valence-electron chi connectivity index (χ0n) is 10.0. The molecule has 1 atom stereocenters. The molecule has 0 radical (unpaired) electrons. The summed E-state index contributed by atoms with van der Waals surface area (Å²) < 4.78 is 27.9. The van der Waals surface area contributed by atoms with Crippen molar-refractivity contribution in [3.05, 3.63) is 29.8 Å². The maximum absolute atomic E-state index is 11.3. The average molecular weight is 258 g/mol. The van der Waals surface area contributed by atoms with Crippen molar-refractivity contribution in [3.8, 4) is 5.75 Å². The molecule has 0 aliphatic heterocycles. The minimum absolute atomic E-state index is 0.0426. The lowest BCUT2D eigenvalue weighted by Gasteiger charge is -2.16. The molecular weight excluding hydrogens is 240 g/mol. The van der Waals surface area contributed by atoms with Crippen molar-refractivity contribution in [2.45, 2.75) is 13.0 Å². The molecule has 1 unspecified atom stereocenters. The van der Waals surface area contributed by atoms with E-state index in [0.717, 1.165) is 5.56 Å². The molecule has 0 aliphatic rings. The molecule has 0 spiro atoms. The van der Waals surface area contributed by atoms with Gasteiger partial charge in [0.05, 0.1) is 18.4 Å². The fraction of sp³-hybridized carbons (Fsp3) is 0.455. The second-order valence-electron chi connectivity index (χ2n) is 3.82. The Balaban J connectivity index is 2.91. The van der Waals surface area contributed by atoms with Crippen LogP contribution in [0.3, 0.4) is 0 Å². The van der Waals surface area contributed by atoms with Crippen molar-refractivity contribution < 1.29 is 13.2 Å². The maximum atomic E-state index is 11.3. The zero-order valence-corrected chi connectivity index (χ0v) is 10.8. The molecule has 3 N–H and O–H groups in total. The van der Waals surface area contributed by atoms with E-state index in [1.807, 2.05) is 25.1 Å². The molecule has 0 bridgehead atoms. The molecule has 96 valence electrons. The van der Waals surface area contributed by atoms with Gasteiger partial charge in [-0.25, -0.2) is 8.42 Å². The number of nitrogens with one attached hydrogen (secondary N) is 1. The predicted octanol–water partition coefficient (Wildman–Crippen LogP) is 0.634. The monoisotopic (exact) mass is 258 g/mol. The number of hydrogen-bond acceptors (Lipinski definition) is 5. The third kappa shape index (κ3) is 4.72. The SMILES string of the molecule is CCOc1cccc(C(CS(C)(=O)=O)NN)c1. The van der Waals surface area contributed by atoms with Crippen LogP contribution in [-0.4, -0.2) is 27.0 Å². The summed E-state index contributed by atoms with van der Waals surface area (Å²) in [5.41, 5.74) is 3.30. The minimum atomic E-state index is -3.09. The number of ether oxygens (including phenoxy) is 1. The number of hydrazine groups is 1. The Morgan fingerprint density at radius 1 is 1.47 bits per heavy atom. The Kier molecular flexibility index (Phi) is 4.92. The minimum Gasteiger partial charge on any atom is -0.494 e. The van der Waals surface area contributed by atoms with E-state index in [4.69, 9.17) is 10.6 Å². The quantitative estimate of drug-likeness (QED) is 0.578. The molecule has 0 aliphatic carbocycles. The lowest BCUT2D eigenvalue weighted by molar-refractivity contribution is 0.339. The number of rotatable bonds is 6. The summed E-state index contributed by atoms with van der Waals surface area (Å²) in [5, 5.41) is 0. The van der Waals surface area contributed by atoms with E-state index in [0.29, 0.717) is 12.4 Å². The van der Waals surface area contributed by atoms with Gasteiger partial charge in [-0.3, -0.25) is 11.3 Å². The predicted molar refractivity (Wildman–Crippen MR) is 67.4 cm³/mol. The molecule has 1 aromatic carbocycles. The first kappa shape index (κ1) is 14.0. The fourth-order valence-electron chi connectivity index (χ4n) is 1.53. The van der Waals surface area contributed by atoms with Gasteiger partial charge in [-0.15, -0.1) is 0 Å². The second kappa shape index (κ2) is 6.00. The smallest absolute Gasteiger partial charge is 0.149 e. The Hall–Kier alpha value is -1.11. The zero-order chi connectivity index (χ0) is 12.9. The molecule has 0 saturated carbocycles. The van der Waals surface area contributed by atoms with Crippen LogP contribution in [0.15, 0.2) is 24.3 Å².